The van der Waals surface area contributed by atoms with Crippen molar-refractivity contribution in [1.29, 1.82) is 0 Å². The Bertz CT molecular complexity index is 751. The van der Waals surface area contributed by atoms with Crippen molar-refractivity contribution in [3.05, 3.63) is 48.0 Å². The summed E-state index contributed by atoms with van der Waals surface area (Å²) in [6.45, 7) is 5.33. The minimum atomic E-state index is 0. The molecule has 2 rings (SSSR count). The molecule has 0 bridgehead atoms. The van der Waals surface area contributed by atoms with Gasteiger partial charge in [-0.2, -0.15) is 0 Å². The number of nitrogens with two attached hydrogens (primary N) is 1. The van der Waals surface area contributed by atoms with Crippen LogP contribution in [0.25, 0.3) is 0 Å². The zero-order valence-corrected chi connectivity index (χ0v) is 18.5. The number of benzene rings is 2. The van der Waals surface area contributed by atoms with Crippen LogP contribution in [-0.2, 0) is 6.54 Å². The van der Waals surface area contributed by atoms with Gasteiger partial charge in [0, 0.05) is 17.3 Å². The predicted octanol–water partition coefficient (Wildman–Crippen LogP) is 4.28. The Hall–Kier alpha value is -2.16. The van der Waals surface area contributed by atoms with E-state index in [4.69, 9.17) is 19.9 Å². The molecular weight excluding hydrogens is 457 g/mol. The zero-order valence-electron chi connectivity index (χ0n) is 16.2. The van der Waals surface area contributed by atoms with Crippen LogP contribution < -0.4 is 25.3 Å². The van der Waals surface area contributed by atoms with Gasteiger partial charge in [-0.3, -0.25) is 0 Å². The van der Waals surface area contributed by atoms with Crippen LogP contribution in [0.1, 0.15) is 19.4 Å². The van der Waals surface area contributed by atoms with E-state index in [1.54, 1.807) is 20.3 Å². The average molecular weight is 485 g/mol. The highest BCUT2D eigenvalue weighted by Crippen LogP contribution is 2.29. The van der Waals surface area contributed by atoms with Crippen molar-refractivity contribution >= 4 is 35.6 Å². The number of methoxy groups -OCH3 is 2. The molecule has 2 aromatic carbocycles. The third-order valence-electron chi connectivity index (χ3n) is 3.62. The van der Waals surface area contributed by atoms with E-state index in [2.05, 4.69) is 24.2 Å². The Morgan fingerprint density at radius 3 is 2.41 bits per heavy atom. The fourth-order valence-corrected chi connectivity index (χ4v) is 2.30. The van der Waals surface area contributed by atoms with Crippen LogP contribution in [0.4, 0.5) is 5.69 Å². The van der Waals surface area contributed by atoms with Gasteiger partial charge in [0.1, 0.15) is 5.75 Å². The van der Waals surface area contributed by atoms with E-state index in [9.17, 15) is 0 Å². The average Bonchev–Trinajstić information content (AvgIpc) is 2.65. The first-order valence-electron chi connectivity index (χ1n) is 8.53. The van der Waals surface area contributed by atoms with Crippen LogP contribution in [0.15, 0.2) is 47.5 Å². The number of ether oxygens (including phenoxy) is 3. The van der Waals surface area contributed by atoms with E-state index in [1.807, 2.05) is 36.4 Å². The number of hydrogen-bond acceptors (Lipinski definition) is 4. The lowest BCUT2D eigenvalue weighted by molar-refractivity contribution is 0.268. The van der Waals surface area contributed by atoms with Crippen LogP contribution in [-0.4, -0.2) is 26.8 Å². The highest BCUT2D eigenvalue weighted by Gasteiger charge is 2.06. The lowest BCUT2D eigenvalue weighted by atomic mass is 10.2. The highest BCUT2D eigenvalue weighted by molar-refractivity contribution is 14.0. The second-order valence-electron chi connectivity index (χ2n) is 6.21. The maximum Gasteiger partial charge on any atom is 0.193 e. The number of guanidine groups is 1. The second-order valence-corrected chi connectivity index (χ2v) is 6.21. The molecule has 0 saturated carbocycles. The van der Waals surface area contributed by atoms with E-state index in [0.29, 0.717) is 36.5 Å². The van der Waals surface area contributed by atoms with E-state index in [-0.39, 0.29) is 24.0 Å². The standard InChI is InChI=1S/C20H27N3O3.HI/c1-14(2)13-26-17-8-6-5-7-15(17)12-22-20(21)23-16-9-10-18(24-3)19(11-16)25-4;/h5-11,14H,12-13H2,1-4H3,(H3,21,22,23);1H. The molecule has 0 atom stereocenters. The summed E-state index contributed by atoms with van der Waals surface area (Å²) >= 11 is 0. The monoisotopic (exact) mass is 485 g/mol. The number of nitrogens with one attached hydrogen (secondary N) is 1. The first-order chi connectivity index (χ1) is 12.5. The van der Waals surface area contributed by atoms with Crippen LogP contribution in [0.3, 0.4) is 0 Å². The summed E-state index contributed by atoms with van der Waals surface area (Å²) in [4.78, 5) is 4.41. The number of halogens is 1. The number of rotatable bonds is 8. The molecule has 0 aliphatic carbocycles. The van der Waals surface area contributed by atoms with Crippen molar-refractivity contribution in [2.45, 2.75) is 20.4 Å². The summed E-state index contributed by atoms with van der Waals surface area (Å²) in [5, 5.41) is 3.06. The van der Waals surface area contributed by atoms with E-state index in [0.717, 1.165) is 17.0 Å². The Kier molecular flexibility index (Phi) is 9.77. The number of para-hydroxylation sites is 1. The fraction of sp³-hybridized carbons (Fsp3) is 0.350. The van der Waals surface area contributed by atoms with Gasteiger partial charge in [0.25, 0.3) is 0 Å². The first kappa shape index (κ1) is 22.9. The Morgan fingerprint density at radius 2 is 1.74 bits per heavy atom. The minimum absolute atomic E-state index is 0. The van der Waals surface area contributed by atoms with Gasteiger partial charge < -0.3 is 25.3 Å². The van der Waals surface area contributed by atoms with Crippen molar-refractivity contribution in [2.75, 3.05) is 26.1 Å². The van der Waals surface area contributed by atoms with Gasteiger partial charge in [-0.15, -0.1) is 24.0 Å². The largest absolute Gasteiger partial charge is 0.493 e. The van der Waals surface area contributed by atoms with E-state index in [1.165, 1.54) is 0 Å². The van der Waals surface area contributed by atoms with Crippen molar-refractivity contribution in [2.24, 2.45) is 16.6 Å². The van der Waals surface area contributed by atoms with E-state index >= 15 is 0 Å². The lowest BCUT2D eigenvalue weighted by Crippen LogP contribution is -2.22. The molecule has 148 valence electrons. The molecule has 0 radical (unpaired) electrons. The number of aliphatic imine (C=N–C) groups is 1. The molecule has 0 aliphatic rings. The molecular formula is C20H28IN3O3. The number of anilines is 1. The van der Waals surface area contributed by atoms with Crippen LogP contribution >= 0.6 is 24.0 Å². The quantitative estimate of drug-likeness (QED) is 0.332. The normalized spacial score (nSPS) is 10.9. The van der Waals surface area contributed by atoms with Crippen LogP contribution in [0.5, 0.6) is 17.2 Å². The van der Waals surface area contributed by atoms with Crippen molar-refractivity contribution < 1.29 is 14.2 Å². The van der Waals surface area contributed by atoms with Gasteiger partial charge in [-0.25, -0.2) is 4.99 Å². The third kappa shape index (κ3) is 7.16. The maximum absolute atomic E-state index is 6.01. The Morgan fingerprint density at radius 1 is 1.04 bits per heavy atom. The molecule has 0 aliphatic heterocycles. The zero-order chi connectivity index (χ0) is 18.9. The molecule has 0 aromatic heterocycles. The lowest BCUT2D eigenvalue weighted by Gasteiger charge is -2.13. The molecule has 3 N–H and O–H groups in total. The molecule has 0 spiro atoms. The summed E-state index contributed by atoms with van der Waals surface area (Å²) in [5.41, 5.74) is 7.78. The molecule has 0 fully saturated rings. The first-order valence-corrected chi connectivity index (χ1v) is 8.53. The minimum Gasteiger partial charge on any atom is -0.493 e. The number of hydrogen-bond donors (Lipinski definition) is 2. The molecule has 0 saturated heterocycles. The Balaban J connectivity index is 0.00000364. The van der Waals surface area contributed by atoms with Gasteiger partial charge in [0.2, 0.25) is 0 Å². The molecule has 0 unspecified atom stereocenters. The van der Waals surface area contributed by atoms with Gasteiger partial charge in [0.15, 0.2) is 17.5 Å². The third-order valence-corrected chi connectivity index (χ3v) is 3.62. The van der Waals surface area contributed by atoms with Gasteiger partial charge >= 0.3 is 0 Å². The van der Waals surface area contributed by atoms with Gasteiger partial charge in [-0.05, 0) is 24.1 Å². The molecule has 6 nitrogen and oxygen atoms in total. The van der Waals surface area contributed by atoms with Crippen LogP contribution in [0, 0.1) is 5.92 Å². The van der Waals surface area contributed by atoms with Gasteiger partial charge in [-0.1, -0.05) is 32.0 Å². The van der Waals surface area contributed by atoms with Crippen LogP contribution in [0.2, 0.25) is 0 Å². The van der Waals surface area contributed by atoms with Crippen molar-refractivity contribution in [3.8, 4) is 17.2 Å². The second kappa shape index (κ2) is 11.5. The van der Waals surface area contributed by atoms with Crippen molar-refractivity contribution in [3.63, 3.8) is 0 Å². The topological polar surface area (TPSA) is 78.1 Å². The summed E-state index contributed by atoms with van der Waals surface area (Å²) in [6, 6.07) is 13.3. The highest BCUT2D eigenvalue weighted by atomic mass is 127. The Labute approximate surface area is 178 Å². The maximum atomic E-state index is 6.01. The fourth-order valence-electron chi connectivity index (χ4n) is 2.30. The SMILES string of the molecule is COc1ccc(NC(N)=NCc2ccccc2OCC(C)C)cc1OC.I. The summed E-state index contributed by atoms with van der Waals surface area (Å²) < 4.78 is 16.4. The summed E-state index contributed by atoms with van der Waals surface area (Å²) in [6.07, 6.45) is 0. The smallest absolute Gasteiger partial charge is 0.193 e. The molecule has 2 aromatic rings. The molecule has 0 heterocycles. The number of nitrogens with zero attached hydrogens (tertiary/aromatic N) is 1. The molecule has 0 amide bonds. The predicted molar refractivity (Wildman–Crippen MR) is 121 cm³/mol. The van der Waals surface area contributed by atoms with Gasteiger partial charge in [0.05, 0.1) is 27.4 Å². The van der Waals surface area contributed by atoms with Crippen molar-refractivity contribution in [1.82, 2.24) is 0 Å². The van der Waals surface area contributed by atoms with E-state index < -0.39 is 0 Å². The summed E-state index contributed by atoms with van der Waals surface area (Å²) in [5.74, 6) is 2.89. The molecule has 7 heteroatoms. The molecule has 27 heavy (non-hydrogen) atoms. The summed E-state index contributed by atoms with van der Waals surface area (Å²) in [7, 11) is 3.19.